The first-order chi connectivity index (χ1) is 3.18. The van der Waals surface area contributed by atoms with Crippen molar-refractivity contribution in [2.45, 2.75) is 13.0 Å². The van der Waals surface area contributed by atoms with Crippen LogP contribution in [0.1, 0.15) is 6.92 Å². The van der Waals surface area contributed by atoms with E-state index < -0.39 is 11.0 Å². The van der Waals surface area contributed by atoms with Gasteiger partial charge in [0.2, 0.25) is 6.04 Å². The molecule has 2 N–H and O–H groups in total. The molecule has 0 aliphatic carbocycles. The highest BCUT2D eigenvalue weighted by molar-refractivity contribution is 4.43. The molecule has 0 radical (unpaired) electrons. The van der Waals surface area contributed by atoms with Crippen molar-refractivity contribution in [3.8, 4) is 0 Å². The third-order valence-electron chi connectivity index (χ3n) is 0.701. The number of hydrogen-bond donors (Lipinski definition) is 1. The third kappa shape index (κ3) is 2.11. The number of rotatable bonds is 2. The Bertz CT molecular complexity index is 73.3. The Balaban J connectivity index is 3.34. The molecule has 0 amide bonds. The van der Waals surface area contributed by atoms with Crippen LogP contribution in [0.15, 0.2) is 0 Å². The summed E-state index contributed by atoms with van der Waals surface area (Å²) >= 11 is 0. The molecule has 0 aliphatic rings. The molecule has 0 spiro atoms. The van der Waals surface area contributed by atoms with E-state index in [2.05, 4.69) is 0 Å². The SMILES string of the molecule is CC(CN)[N+](=O)[O-]. The quantitative estimate of drug-likeness (QED) is 0.383. The molecule has 0 aromatic heterocycles. The van der Waals surface area contributed by atoms with Gasteiger partial charge < -0.3 is 5.73 Å². The molecule has 0 aromatic carbocycles. The van der Waals surface area contributed by atoms with Gasteiger partial charge in [-0.2, -0.15) is 0 Å². The second-order valence-corrected chi connectivity index (χ2v) is 1.37. The molecular formula is C3H8N2O2. The van der Waals surface area contributed by atoms with E-state index in [4.69, 9.17) is 5.73 Å². The van der Waals surface area contributed by atoms with Crippen LogP contribution in [0.4, 0.5) is 0 Å². The lowest BCUT2D eigenvalue weighted by Gasteiger charge is -1.94. The zero-order chi connectivity index (χ0) is 5.86. The Kier molecular flexibility index (Phi) is 2.29. The van der Waals surface area contributed by atoms with Crippen molar-refractivity contribution < 1.29 is 4.92 Å². The molecule has 0 fully saturated rings. The van der Waals surface area contributed by atoms with Gasteiger partial charge >= 0.3 is 0 Å². The summed E-state index contributed by atoms with van der Waals surface area (Å²) in [5.41, 5.74) is 4.93. The Morgan fingerprint density at radius 1 is 2.00 bits per heavy atom. The van der Waals surface area contributed by atoms with Gasteiger partial charge in [0.25, 0.3) is 0 Å². The zero-order valence-electron chi connectivity index (χ0n) is 4.13. The Morgan fingerprint density at radius 2 is 2.43 bits per heavy atom. The molecule has 7 heavy (non-hydrogen) atoms. The van der Waals surface area contributed by atoms with Crippen LogP contribution in [0, 0.1) is 10.1 Å². The number of nitrogens with zero attached hydrogens (tertiary/aromatic N) is 1. The molecule has 1 unspecified atom stereocenters. The van der Waals surface area contributed by atoms with Gasteiger partial charge in [0.05, 0.1) is 6.54 Å². The second kappa shape index (κ2) is 2.52. The summed E-state index contributed by atoms with van der Waals surface area (Å²) < 4.78 is 0. The highest BCUT2D eigenvalue weighted by Gasteiger charge is 2.06. The van der Waals surface area contributed by atoms with Gasteiger partial charge in [-0.1, -0.05) is 0 Å². The average molecular weight is 104 g/mol. The Labute approximate surface area is 41.5 Å². The van der Waals surface area contributed by atoms with Crippen LogP contribution in [-0.4, -0.2) is 17.5 Å². The third-order valence-corrected chi connectivity index (χ3v) is 0.701. The molecule has 42 valence electrons. The maximum absolute atomic E-state index is 9.66. The van der Waals surface area contributed by atoms with Gasteiger partial charge in [0.15, 0.2) is 0 Å². The van der Waals surface area contributed by atoms with E-state index in [9.17, 15) is 10.1 Å². The first kappa shape index (κ1) is 6.36. The van der Waals surface area contributed by atoms with Crippen LogP contribution in [0.25, 0.3) is 0 Å². The van der Waals surface area contributed by atoms with Crippen molar-refractivity contribution in [2.75, 3.05) is 6.54 Å². The number of nitro groups is 1. The van der Waals surface area contributed by atoms with Crippen LogP contribution in [0.5, 0.6) is 0 Å². The lowest BCUT2D eigenvalue weighted by Crippen LogP contribution is -2.24. The van der Waals surface area contributed by atoms with Crippen molar-refractivity contribution in [3.63, 3.8) is 0 Å². The summed E-state index contributed by atoms with van der Waals surface area (Å²) in [4.78, 5) is 9.25. The number of nitrogens with two attached hydrogens (primary N) is 1. The van der Waals surface area contributed by atoms with Crippen molar-refractivity contribution in [1.82, 2.24) is 0 Å². The van der Waals surface area contributed by atoms with Gasteiger partial charge in [-0.3, -0.25) is 10.1 Å². The van der Waals surface area contributed by atoms with Crippen LogP contribution >= 0.6 is 0 Å². The molecule has 0 heterocycles. The summed E-state index contributed by atoms with van der Waals surface area (Å²) in [6, 6.07) is -0.597. The molecule has 0 bridgehead atoms. The topological polar surface area (TPSA) is 69.2 Å². The summed E-state index contributed by atoms with van der Waals surface area (Å²) in [5, 5.41) is 9.66. The Hall–Kier alpha value is -0.640. The fourth-order valence-electron chi connectivity index (χ4n) is 0.0861. The van der Waals surface area contributed by atoms with E-state index in [-0.39, 0.29) is 6.54 Å². The van der Waals surface area contributed by atoms with Crippen molar-refractivity contribution >= 4 is 0 Å². The van der Waals surface area contributed by atoms with Gasteiger partial charge in [-0.25, -0.2) is 0 Å². The smallest absolute Gasteiger partial charge is 0.222 e. The molecule has 0 aromatic rings. The standard InChI is InChI=1S/C3H8N2O2/c1-3(2-4)5(6)7/h3H,2,4H2,1H3. The van der Waals surface area contributed by atoms with Crippen LogP contribution in [0.2, 0.25) is 0 Å². The number of hydrogen-bond acceptors (Lipinski definition) is 3. The van der Waals surface area contributed by atoms with Gasteiger partial charge in [-0.05, 0) is 0 Å². The molecule has 4 heteroatoms. The molecule has 4 nitrogen and oxygen atoms in total. The summed E-state index contributed by atoms with van der Waals surface area (Å²) in [6.07, 6.45) is 0. The first-order valence-corrected chi connectivity index (χ1v) is 2.02. The van der Waals surface area contributed by atoms with Crippen molar-refractivity contribution in [3.05, 3.63) is 10.1 Å². The van der Waals surface area contributed by atoms with E-state index in [0.29, 0.717) is 0 Å². The summed E-state index contributed by atoms with van der Waals surface area (Å²) in [5.74, 6) is 0. The van der Waals surface area contributed by atoms with E-state index in [0.717, 1.165) is 0 Å². The van der Waals surface area contributed by atoms with E-state index in [1.165, 1.54) is 6.92 Å². The zero-order valence-corrected chi connectivity index (χ0v) is 4.13. The lowest BCUT2D eigenvalue weighted by molar-refractivity contribution is -0.514. The Morgan fingerprint density at radius 3 is 2.43 bits per heavy atom. The van der Waals surface area contributed by atoms with Gasteiger partial charge in [0, 0.05) is 11.8 Å². The maximum atomic E-state index is 9.66. The highest BCUT2D eigenvalue weighted by Crippen LogP contribution is 1.80. The van der Waals surface area contributed by atoms with Gasteiger partial charge in [0.1, 0.15) is 0 Å². The first-order valence-electron chi connectivity index (χ1n) is 2.02. The van der Waals surface area contributed by atoms with E-state index >= 15 is 0 Å². The minimum Gasteiger partial charge on any atom is -0.325 e. The van der Waals surface area contributed by atoms with E-state index in [1.807, 2.05) is 0 Å². The fourth-order valence-corrected chi connectivity index (χ4v) is 0.0861. The second-order valence-electron chi connectivity index (χ2n) is 1.37. The lowest BCUT2D eigenvalue weighted by atomic mass is 10.4. The minimum absolute atomic E-state index is 0.118. The largest absolute Gasteiger partial charge is 0.325 e. The monoisotopic (exact) mass is 104 g/mol. The average Bonchev–Trinajstić information content (AvgIpc) is 1.65. The fraction of sp³-hybridized carbons (Fsp3) is 1.00. The molecular weight excluding hydrogens is 96.0 g/mol. The minimum atomic E-state index is -0.597. The predicted octanol–water partition coefficient (Wildman–Crippen LogP) is -0.390. The molecule has 0 rings (SSSR count). The van der Waals surface area contributed by atoms with Crippen molar-refractivity contribution in [2.24, 2.45) is 5.73 Å². The summed E-state index contributed by atoms with van der Waals surface area (Å²) in [7, 11) is 0. The predicted molar refractivity (Wildman–Crippen MR) is 25.5 cm³/mol. The van der Waals surface area contributed by atoms with Crippen LogP contribution in [-0.2, 0) is 0 Å². The van der Waals surface area contributed by atoms with E-state index in [1.54, 1.807) is 0 Å². The van der Waals surface area contributed by atoms with Crippen LogP contribution < -0.4 is 5.73 Å². The molecule has 0 saturated carbocycles. The maximum Gasteiger partial charge on any atom is 0.222 e. The molecule has 0 aliphatic heterocycles. The highest BCUT2D eigenvalue weighted by atomic mass is 16.6. The van der Waals surface area contributed by atoms with Crippen molar-refractivity contribution in [1.29, 1.82) is 0 Å². The van der Waals surface area contributed by atoms with Gasteiger partial charge in [-0.15, -0.1) is 0 Å². The molecule has 0 saturated heterocycles. The molecule has 1 atom stereocenters. The normalized spacial score (nSPS) is 13.4. The summed E-state index contributed by atoms with van der Waals surface area (Å²) in [6.45, 7) is 1.59. The van der Waals surface area contributed by atoms with Crippen LogP contribution in [0.3, 0.4) is 0 Å².